The second-order valence-electron chi connectivity index (χ2n) is 8.63. The molecule has 5 nitrogen and oxygen atoms in total. The zero-order valence-electron chi connectivity index (χ0n) is 20.3. The van der Waals surface area contributed by atoms with E-state index in [4.69, 9.17) is 11.6 Å². The Morgan fingerprint density at radius 1 is 1.15 bits per heavy atom. The van der Waals surface area contributed by atoms with Crippen LogP contribution in [-0.2, 0) is 6.42 Å². The van der Waals surface area contributed by atoms with E-state index in [-0.39, 0.29) is 5.92 Å². The molecular formula is C29H39N5. The highest BCUT2D eigenvalue weighted by molar-refractivity contribution is 5.52. The van der Waals surface area contributed by atoms with E-state index in [2.05, 4.69) is 71.4 Å². The Hall–Kier alpha value is -3.12. The molecule has 5 N–H and O–H groups in total. The van der Waals surface area contributed by atoms with Gasteiger partial charge in [0.1, 0.15) is 0 Å². The van der Waals surface area contributed by atoms with Crippen LogP contribution in [0.15, 0.2) is 109 Å². The zero-order valence-corrected chi connectivity index (χ0v) is 20.3. The molecular weight excluding hydrogens is 418 g/mol. The van der Waals surface area contributed by atoms with Crippen molar-refractivity contribution < 1.29 is 0 Å². The predicted molar refractivity (Wildman–Crippen MR) is 145 cm³/mol. The maximum atomic E-state index is 6.85. The van der Waals surface area contributed by atoms with Crippen molar-refractivity contribution in [1.82, 2.24) is 10.2 Å². The SMILES string of the molecule is C=CC(/C=C\C/C=C\C)/C(=C(/N)CN1CCNC[C@H]1Cc1ccccc1)N(N)c1ccccc1. The maximum absolute atomic E-state index is 6.85. The summed E-state index contributed by atoms with van der Waals surface area (Å²) in [5.74, 6) is 6.59. The van der Waals surface area contributed by atoms with Crippen LogP contribution < -0.4 is 21.9 Å². The van der Waals surface area contributed by atoms with E-state index in [0.29, 0.717) is 12.6 Å². The molecule has 1 saturated heterocycles. The van der Waals surface area contributed by atoms with Crippen molar-refractivity contribution in [3.8, 4) is 0 Å². The Morgan fingerprint density at radius 2 is 1.85 bits per heavy atom. The summed E-state index contributed by atoms with van der Waals surface area (Å²) in [6.45, 7) is 9.61. The lowest BCUT2D eigenvalue weighted by atomic mass is 9.99. The maximum Gasteiger partial charge on any atom is 0.0656 e. The standard InChI is InChI=1S/C29H39N5/c1-3-5-6-11-16-25(4-2)29(34(31)26-17-12-8-13-18-26)28(30)23-33-20-19-32-22-27(33)21-24-14-9-7-10-15-24/h3-5,7-18,25,27,32H,2,6,19-23,30-31H2,1H3/b5-3-,16-11-,29-28-/t25?,27-/m1/s1. The molecule has 1 heterocycles. The van der Waals surface area contributed by atoms with Crippen LogP contribution in [0.3, 0.4) is 0 Å². The number of hydrogen-bond donors (Lipinski definition) is 3. The minimum atomic E-state index is -0.0917. The number of allylic oxidation sites excluding steroid dienone is 4. The minimum Gasteiger partial charge on any atom is -0.400 e. The van der Waals surface area contributed by atoms with Crippen molar-refractivity contribution in [3.05, 3.63) is 115 Å². The number of piperazine rings is 1. The molecule has 1 aliphatic rings. The van der Waals surface area contributed by atoms with Crippen molar-refractivity contribution in [2.24, 2.45) is 17.5 Å². The van der Waals surface area contributed by atoms with Crippen molar-refractivity contribution in [2.75, 3.05) is 31.2 Å². The van der Waals surface area contributed by atoms with Crippen LogP contribution in [0.25, 0.3) is 0 Å². The Kier molecular flexibility index (Phi) is 10.2. The van der Waals surface area contributed by atoms with Crippen LogP contribution in [0.4, 0.5) is 5.69 Å². The van der Waals surface area contributed by atoms with E-state index in [9.17, 15) is 0 Å². The largest absolute Gasteiger partial charge is 0.400 e. The highest BCUT2D eigenvalue weighted by Gasteiger charge is 2.26. The van der Waals surface area contributed by atoms with E-state index >= 15 is 0 Å². The first-order valence-corrected chi connectivity index (χ1v) is 12.1. The predicted octanol–water partition coefficient (Wildman–Crippen LogP) is 4.38. The van der Waals surface area contributed by atoms with Gasteiger partial charge in [-0.15, -0.1) is 6.58 Å². The lowest BCUT2D eigenvalue weighted by Crippen LogP contribution is -2.53. The van der Waals surface area contributed by atoms with Crippen molar-refractivity contribution >= 4 is 5.69 Å². The van der Waals surface area contributed by atoms with E-state index in [1.807, 2.05) is 43.3 Å². The second-order valence-corrected chi connectivity index (χ2v) is 8.63. The van der Waals surface area contributed by atoms with Gasteiger partial charge in [-0.25, -0.2) is 5.84 Å². The molecule has 180 valence electrons. The number of nitrogens with one attached hydrogen (secondary N) is 1. The molecule has 1 fully saturated rings. The van der Waals surface area contributed by atoms with Gasteiger partial charge in [-0.2, -0.15) is 0 Å². The lowest BCUT2D eigenvalue weighted by Gasteiger charge is -2.37. The number of benzene rings is 2. The molecule has 2 aromatic carbocycles. The molecule has 3 rings (SSSR count). The summed E-state index contributed by atoms with van der Waals surface area (Å²) in [7, 11) is 0. The molecule has 2 atom stereocenters. The van der Waals surface area contributed by atoms with Gasteiger partial charge < -0.3 is 11.1 Å². The summed E-state index contributed by atoms with van der Waals surface area (Å²) in [6.07, 6.45) is 12.2. The molecule has 0 spiro atoms. The Balaban J connectivity index is 1.89. The van der Waals surface area contributed by atoms with Crippen LogP contribution in [0.1, 0.15) is 18.9 Å². The Morgan fingerprint density at radius 3 is 2.53 bits per heavy atom. The number of rotatable bonds is 11. The quantitative estimate of drug-likeness (QED) is 0.265. The number of nitrogens with zero attached hydrogens (tertiary/aromatic N) is 2. The lowest BCUT2D eigenvalue weighted by molar-refractivity contribution is 0.173. The van der Waals surface area contributed by atoms with E-state index < -0.39 is 0 Å². The summed E-state index contributed by atoms with van der Waals surface area (Å²) in [5, 5.41) is 5.26. The summed E-state index contributed by atoms with van der Waals surface area (Å²) in [4.78, 5) is 2.47. The van der Waals surface area contributed by atoms with Gasteiger partial charge >= 0.3 is 0 Å². The fourth-order valence-electron chi connectivity index (χ4n) is 4.38. The molecule has 0 amide bonds. The molecule has 0 aliphatic carbocycles. The molecule has 0 radical (unpaired) electrons. The van der Waals surface area contributed by atoms with Crippen LogP contribution in [-0.4, -0.2) is 37.1 Å². The number of hydrazine groups is 1. The number of para-hydroxylation sites is 1. The highest BCUT2D eigenvalue weighted by Crippen LogP contribution is 2.25. The van der Waals surface area contributed by atoms with Crippen LogP contribution >= 0.6 is 0 Å². The van der Waals surface area contributed by atoms with Crippen LogP contribution in [0.2, 0.25) is 0 Å². The average Bonchev–Trinajstić information content (AvgIpc) is 2.88. The first kappa shape index (κ1) is 25.5. The number of anilines is 1. The molecule has 0 aromatic heterocycles. The van der Waals surface area contributed by atoms with Gasteiger partial charge in [0.05, 0.1) is 11.4 Å². The normalized spacial score (nSPS) is 18.7. The smallest absolute Gasteiger partial charge is 0.0656 e. The van der Waals surface area contributed by atoms with Crippen LogP contribution in [0, 0.1) is 5.92 Å². The van der Waals surface area contributed by atoms with Gasteiger partial charge in [-0.1, -0.05) is 78.9 Å². The summed E-state index contributed by atoms with van der Waals surface area (Å²) in [5.41, 5.74) is 10.7. The van der Waals surface area contributed by atoms with E-state index in [1.54, 1.807) is 5.01 Å². The minimum absolute atomic E-state index is 0.0917. The Bertz CT molecular complexity index is 965. The fourth-order valence-corrected chi connectivity index (χ4v) is 4.38. The summed E-state index contributed by atoms with van der Waals surface area (Å²) in [6, 6.07) is 21.0. The molecule has 2 aromatic rings. The van der Waals surface area contributed by atoms with Crippen molar-refractivity contribution in [1.29, 1.82) is 0 Å². The third-order valence-corrected chi connectivity index (χ3v) is 6.20. The molecule has 0 bridgehead atoms. The zero-order chi connectivity index (χ0) is 24.2. The summed E-state index contributed by atoms with van der Waals surface area (Å²) < 4.78 is 0. The topological polar surface area (TPSA) is 70.5 Å². The van der Waals surface area contributed by atoms with Gasteiger partial charge in [-0.05, 0) is 37.5 Å². The summed E-state index contributed by atoms with van der Waals surface area (Å²) >= 11 is 0. The molecule has 1 aliphatic heterocycles. The first-order valence-electron chi connectivity index (χ1n) is 12.1. The second kappa shape index (κ2) is 13.6. The van der Waals surface area contributed by atoms with Gasteiger partial charge in [0.25, 0.3) is 0 Å². The highest BCUT2D eigenvalue weighted by atomic mass is 15.4. The van der Waals surface area contributed by atoms with Gasteiger partial charge in [0.2, 0.25) is 0 Å². The average molecular weight is 458 g/mol. The van der Waals surface area contributed by atoms with Crippen molar-refractivity contribution in [2.45, 2.75) is 25.8 Å². The third kappa shape index (κ3) is 7.19. The third-order valence-electron chi connectivity index (χ3n) is 6.20. The van der Waals surface area contributed by atoms with Gasteiger partial charge in [0, 0.05) is 43.8 Å². The number of nitrogens with two attached hydrogens (primary N) is 2. The molecule has 34 heavy (non-hydrogen) atoms. The monoisotopic (exact) mass is 457 g/mol. The molecule has 1 unspecified atom stereocenters. The van der Waals surface area contributed by atoms with Gasteiger partial charge in [0.15, 0.2) is 0 Å². The molecule has 5 heteroatoms. The van der Waals surface area contributed by atoms with Gasteiger partial charge in [-0.3, -0.25) is 9.91 Å². The fraction of sp³-hybridized carbons (Fsp3) is 0.310. The Labute approximate surface area is 205 Å². The van der Waals surface area contributed by atoms with Crippen LogP contribution in [0.5, 0.6) is 0 Å². The van der Waals surface area contributed by atoms with E-state index in [1.165, 1.54) is 5.56 Å². The first-order chi connectivity index (χ1) is 16.6. The molecule has 0 saturated carbocycles. The van der Waals surface area contributed by atoms with E-state index in [0.717, 1.165) is 49.6 Å². The van der Waals surface area contributed by atoms with Crippen molar-refractivity contribution in [3.63, 3.8) is 0 Å². The number of hydrogen-bond acceptors (Lipinski definition) is 5.